The molecule has 1 spiro atoms. The lowest BCUT2D eigenvalue weighted by Crippen LogP contribution is -2.69. The molecule has 2 aliphatic carbocycles. The van der Waals surface area contributed by atoms with Crippen molar-refractivity contribution in [3.8, 4) is 0 Å². The van der Waals surface area contributed by atoms with Crippen molar-refractivity contribution in [3.63, 3.8) is 0 Å². The number of fused-ring (bicyclic) bond motifs is 3. The van der Waals surface area contributed by atoms with Crippen molar-refractivity contribution < 1.29 is 67.0 Å². The molecule has 4 rings (SSSR count). The molecule has 0 aromatic rings. The van der Waals surface area contributed by atoms with E-state index in [-0.39, 0.29) is 25.0 Å². The van der Waals surface area contributed by atoms with E-state index in [0.29, 0.717) is 6.42 Å². The third-order valence-corrected chi connectivity index (χ3v) is 9.34. The van der Waals surface area contributed by atoms with E-state index in [0.717, 1.165) is 13.8 Å². The van der Waals surface area contributed by atoms with Gasteiger partial charge in [-0.05, 0) is 25.8 Å². The lowest BCUT2D eigenvalue weighted by molar-refractivity contribution is -0.244. The first-order valence-electron chi connectivity index (χ1n) is 14.5. The Morgan fingerprint density at radius 2 is 1.48 bits per heavy atom. The first-order chi connectivity index (χ1) is 20.4. The third-order valence-electron chi connectivity index (χ3n) is 9.34. The molecule has 2 aliphatic heterocycles. The average Bonchev–Trinajstić information content (AvgIpc) is 3.63. The van der Waals surface area contributed by atoms with Crippen molar-refractivity contribution in [2.24, 2.45) is 17.3 Å². The monoisotopic (exact) mass is 624 g/mol. The fourth-order valence-corrected chi connectivity index (χ4v) is 7.29. The van der Waals surface area contributed by atoms with Crippen LogP contribution in [0.1, 0.15) is 67.7 Å². The van der Waals surface area contributed by atoms with E-state index in [4.69, 9.17) is 33.2 Å². The minimum Gasteiger partial charge on any atom is -0.462 e. The maximum absolute atomic E-state index is 13.1. The first kappa shape index (κ1) is 33.4. The molecule has 2 saturated heterocycles. The highest BCUT2D eigenvalue weighted by atomic mass is 16.6. The molecule has 0 aromatic carbocycles. The van der Waals surface area contributed by atoms with Gasteiger partial charge in [-0.1, -0.05) is 6.92 Å². The fourth-order valence-electron chi connectivity index (χ4n) is 7.29. The van der Waals surface area contributed by atoms with Crippen LogP contribution < -0.4 is 0 Å². The van der Waals surface area contributed by atoms with E-state index in [1.807, 2.05) is 0 Å². The van der Waals surface area contributed by atoms with Crippen molar-refractivity contribution in [2.45, 2.75) is 109 Å². The van der Waals surface area contributed by atoms with Crippen LogP contribution in [-0.4, -0.2) is 95.9 Å². The standard InChI is InChI=1S/C30H40O14/c1-14-27(36)44-24-10-20(12-38-15(2)31)21(40-16(3)32)11-23(42-18(5)34)28(7)22(41-17(4)33)8-9-29(13-39-29)25(28)26(30(14,24)37)43-19(6)35/h10,14,21-26,37H,8-9,11-13H2,1-7H3/b20-10-/t14-,21+,22-,23-,24-,25+,26-,28+,29-,30-/m0/s1. The van der Waals surface area contributed by atoms with Crippen molar-refractivity contribution in [1.82, 2.24) is 0 Å². The lowest BCUT2D eigenvalue weighted by Gasteiger charge is -2.57. The summed E-state index contributed by atoms with van der Waals surface area (Å²) < 4.78 is 40.3. The zero-order chi connectivity index (χ0) is 32.8. The van der Waals surface area contributed by atoms with Crippen LogP contribution in [0.3, 0.4) is 0 Å². The first-order valence-corrected chi connectivity index (χ1v) is 14.5. The molecule has 0 amide bonds. The summed E-state index contributed by atoms with van der Waals surface area (Å²) in [6.45, 7) is 8.69. The molecule has 0 unspecified atom stereocenters. The molecule has 14 heteroatoms. The summed E-state index contributed by atoms with van der Waals surface area (Å²) in [5, 5.41) is 12.6. The second-order valence-corrected chi connectivity index (χ2v) is 12.3. The van der Waals surface area contributed by atoms with Crippen molar-refractivity contribution in [2.75, 3.05) is 13.2 Å². The van der Waals surface area contributed by atoms with Crippen molar-refractivity contribution in [3.05, 3.63) is 11.6 Å². The molecule has 4 aliphatic rings. The van der Waals surface area contributed by atoms with Gasteiger partial charge in [-0.15, -0.1) is 0 Å². The number of hydrogen-bond donors (Lipinski definition) is 1. The van der Waals surface area contributed by atoms with E-state index in [2.05, 4.69) is 0 Å². The van der Waals surface area contributed by atoms with Crippen LogP contribution in [0.4, 0.5) is 0 Å². The highest BCUT2D eigenvalue weighted by Crippen LogP contribution is 2.62. The van der Waals surface area contributed by atoms with Gasteiger partial charge in [0, 0.05) is 52.5 Å². The molecule has 0 bridgehead atoms. The number of carbonyl (C=O) groups excluding carboxylic acids is 6. The summed E-state index contributed by atoms with van der Waals surface area (Å²) in [5.41, 5.74) is -4.65. The number of epoxide rings is 1. The van der Waals surface area contributed by atoms with Gasteiger partial charge in [0.25, 0.3) is 0 Å². The van der Waals surface area contributed by atoms with Crippen LogP contribution in [0, 0.1) is 17.3 Å². The molecule has 3 fully saturated rings. The molecule has 10 atom stereocenters. The summed E-state index contributed by atoms with van der Waals surface area (Å²) in [5.74, 6) is -6.65. The molecule has 244 valence electrons. The predicted octanol–water partition coefficient (Wildman–Crippen LogP) is 1.08. The highest BCUT2D eigenvalue weighted by molar-refractivity contribution is 5.78. The second kappa shape index (κ2) is 12.1. The molecule has 1 N–H and O–H groups in total. The molecule has 14 nitrogen and oxygen atoms in total. The van der Waals surface area contributed by atoms with E-state index >= 15 is 0 Å². The van der Waals surface area contributed by atoms with Crippen LogP contribution in [0.5, 0.6) is 0 Å². The Balaban J connectivity index is 2.08. The summed E-state index contributed by atoms with van der Waals surface area (Å²) in [6, 6.07) is 0. The van der Waals surface area contributed by atoms with E-state index < -0.39 is 101 Å². The summed E-state index contributed by atoms with van der Waals surface area (Å²) in [6.07, 6.45) is -4.76. The maximum Gasteiger partial charge on any atom is 0.312 e. The topological polar surface area (TPSA) is 191 Å². The fraction of sp³-hybridized carbons (Fsp3) is 0.733. The largest absolute Gasteiger partial charge is 0.462 e. The van der Waals surface area contributed by atoms with E-state index in [1.54, 1.807) is 6.92 Å². The average molecular weight is 625 g/mol. The minimum atomic E-state index is -2.26. The quantitative estimate of drug-likeness (QED) is 0.191. The van der Waals surface area contributed by atoms with Gasteiger partial charge < -0.3 is 38.3 Å². The van der Waals surface area contributed by atoms with Gasteiger partial charge in [-0.25, -0.2) is 0 Å². The lowest BCUT2D eigenvalue weighted by atomic mass is 9.52. The number of ether oxygens (including phenoxy) is 7. The predicted molar refractivity (Wildman–Crippen MR) is 145 cm³/mol. The Morgan fingerprint density at radius 3 is 2.00 bits per heavy atom. The normalized spacial score (nSPS) is 40.6. The number of hydrogen-bond acceptors (Lipinski definition) is 14. The Labute approximate surface area is 254 Å². The minimum absolute atomic E-state index is 0.110. The summed E-state index contributed by atoms with van der Waals surface area (Å²) in [4.78, 5) is 75.2. The molecule has 44 heavy (non-hydrogen) atoms. The van der Waals surface area contributed by atoms with Gasteiger partial charge in [-0.3, -0.25) is 28.8 Å². The zero-order valence-electron chi connectivity index (χ0n) is 25.9. The van der Waals surface area contributed by atoms with Gasteiger partial charge in [0.1, 0.15) is 31.0 Å². The van der Waals surface area contributed by atoms with Gasteiger partial charge in [0.05, 0.1) is 23.5 Å². The zero-order valence-corrected chi connectivity index (χ0v) is 25.9. The molecule has 2 heterocycles. The maximum atomic E-state index is 13.1. The van der Waals surface area contributed by atoms with E-state index in [9.17, 15) is 33.9 Å². The molecule has 0 aromatic heterocycles. The number of rotatable bonds is 6. The van der Waals surface area contributed by atoms with Gasteiger partial charge in [-0.2, -0.15) is 0 Å². The van der Waals surface area contributed by atoms with Crippen LogP contribution in [0.15, 0.2) is 11.6 Å². The van der Waals surface area contributed by atoms with Crippen molar-refractivity contribution in [1.29, 1.82) is 0 Å². The molecule has 1 saturated carbocycles. The highest BCUT2D eigenvalue weighted by Gasteiger charge is 2.75. The van der Waals surface area contributed by atoms with E-state index in [1.165, 1.54) is 33.8 Å². The number of esters is 6. The summed E-state index contributed by atoms with van der Waals surface area (Å²) >= 11 is 0. The Bertz CT molecular complexity index is 1250. The van der Waals surface area contributed by atoms with Crippen LogP contribution >= 0.6 is 0 Å². The Hall–Kier alpha value is -3.52. The van der Waals surface area contributed by atoms with Crippen LogP contribution in [0.25, 0.3) is 0 Å². The smallest absolute Gasteiger partial charge is 0.312 e. The van der Waals surface area contributed by atoms with Crippen LogP contribution in [0.2, 0.25) is 0 Å². The molecule has 0 radical (unpaired) electrons. The van der Waals surface area contributed by atoms with Gasteiger partial charge in [0.15, 0.2) is 11.7 Å². The molecular weight excluding hydrogens is 584 g/mol. The number of aliphatic hydroxyl groups is 1. The Morgan fingerprint density at radius 1 is 0.909 bits per heavy atom. The second-order valence-electron chi connectivity index (χ2n) is 12.3. The van der Waals surface area contributed by atoms with Gasteiger partial charge >= 0.3 is 35.8 Å². The van der Waals surface area contributed by atoms with Crippen molar-refractivity contribution >= 4 is 35.8 Å². The SMILES string of the molecule is CC(=O)OC/C1=C/[C@@H]2OC(=O)[C@H](C)[C@@]2(O)[C@@H](OC(C)=O)[C@H]2[C@]3(CC[C@H](OC(C)=O)[C@]2(C)[C@@H](OC(C)=O)C[C@H]1OC(C)=O)CO3. The van der Waals surface area contributed by atoms with Gasteiger partial charge in [0.2, 0.25) is 0 Å². The summed E-state index contributed by atoms with van der Waals surface area (Å²) in [7, 11) is 0. The molecular formula is C30H40O14. The number of carbonyl (C=O) groups is 6. The van der Waals surface area contributed by atoms with Crippen LogP contribution in [-0.2, 0) is 61.9 Å². The third kappa shape index (κ3) is 6.06. The Kier molecular flexibility index (Phi) is 9.19.